The standard InChI is InChI=1S/C15H20N4S/c1-3-4-13-15-18-17-14(19(15)10-9-16-13)11-5-7-12(20-2)8-6-11/h5-8,13,16H,3-4,9-10H2,1-2H3. The molecule has 1 aromatic heterocycles. The fourth-order valence-electron chi connectivity index (χ4n) is 2.71. The van der Waals surface area contributed by atoms with E-state index in [1.54, 1.807) is 11.8 Å². The van der Waals surface area contributed by atoms with Gasteiger partial charge < -0.3 is 9.88 Å². The van der Waals surface area contributed by atoms with E-state index in [9.17, 15) is 0 Å². The molecule has 2 aromatic rings. The van der Waals surface area contributed by atoms with Crippen molar-refractivity contribution in [3.8, 4) is 11.4 Å². The van der Waals surface area contributed by atoms with Crippen molar-refractivity contribution in [2.75, 3.05) is 12.8 Å². The summed E-state index contributed by atoms with van der Waals surface area (Å²) in [7, 11) is 0. The Labute approximate surface area is 124 Å². The van der Waals surface area contributed by atoms with E-state index < -0.39 is 0 Å². The predicted octanol–water partition coefficient (Wildman–Crippen LogP) is 3.11. The van der Waals surface area contributed by atoms with Gasteiger partial charge in [-0.3, -0.25) is 0 Å². The number of aromatic nitrogens is 3. The first-order valence-corrected chi connectivity index (χ1v) is 8.37. The quantitative estimate of drug-likeness (QED) is 0.878. The smallest absolute Gasteiger partial charge is 0.164 e. The monoisotopic (exact) mass is 288 g/mol. The second-order valence-electron chi connectivity index (χ2n) is 5.06. The largest absolute Gasteiger partial charge is 0.308 e. The third-order valence-electron chi connectivity index (χ3n) is 3.74. The minimum atomic E-state index is 0.348. The molecule has 1 aliphatic rings. The summed E-state index contributed by atoms with van der Waals surface area (Å²) in [5.41, 5.74) is 1.15. The first-order chi connectivity index (χ1) is 9.83. The molecule has 5 heteroatoms. The van der Waals surface area contributed by atoms with Crippen molar-refractivity contribution in [3.63, 3.8) is 0 Å². The minimum Gasteiger partial charge on any atom is -0.308 e. The maximum absolute atomic E-state index is 4.42. The Morgan fingerprint density at radius 1 is 1.30 bits per heavy atom. The molecule has 0 radical (unpaired) electrons. The van der Waals surface area contributed by atoms with Gasteiger partial charge in [-0.25, -0.2) is 0 Å². The van der Waals surface area contributed by atoms with E-state index >= 15 is 0 Å². The Bertz CT molecular complexity index is 576. The molecule has 3 rings (SSSR count). The second-order valence-corrected chi connectivity index (χ2v) is 5.94. The highest BCUT2D eigenvalue weighted by Crippen LogP contribution is 2.27. The van der Waals surface area contributed by atoms with Crippen molar-refractivity contribution in [2.24, 2.45) is 0 Å². The summed E-state index contributed by atoms with van der Waals surface area (Å²) in [6, 6.07) is 8.92. The summed E-state index contributed by atoms with van der Waals surface area (Å²) in [6.45, 7) is 4.15. The van der Waals surface area contributed by atoms with Gasteiger partial charge in [0.15, 0.2) is 11.6 Å². The molecule has 0 amide bonds. The van der Waals surface area contributed by atoms with Gasteiger partial charge in [-0.1, -0.05) is 25.5 Å². The minimum absolute atomic E-state index is 0.348. The SMILES string of the molecule is CCCC1NCCn2c(-c3ccc(SC)cc3)nnc21. The van der Waals surface area contributed by atoms with Gasteiger partial charge in [0.1, 0.15) is 0 Å². The summed E-state index contributed by atoms with van der Waals surface area (Å²) in [4.78, 5) is 1.28. The van der Waals surface area contributed by atoms with Gasteiger partial charge in [0.25, 0.3) is 0 Å². The van der Waals surface area contributed by atoms with Crippen molar-refractivity contribution in [1.29, 1.82) is 0 Å². The van der Waals surface area contributed by atoms with Crippen molar-refractivity contribution in [2.45, 2.75) is 37.2 Å². The molecule has 0 fully saturated rings. The molecule has 1 atom stereocenters. The van der Waals surface area contributed by atoms with Crippen molar-refractivity contribution in [3.05, 3.63) is 30.1 Å². The van der Waals surface area contributed by atoms with E-state index in [-0.39, 0.29) is 0 Å². The van der Waals surface area contributed by atoms with Crippen LogP contribution in [-0.4, -0.2) is 27.6 Å². The zero-order valence-corrected chi connectivity index (χ0v) is 12.8. The van der Waals surface area contributed by atoms with Crippen LogP contribution in [0.25, 0.3) is 11.4 Å². The highest BCUT2D eigenvalue weighted by Gasteiger charge is 2.24. The first-order valence-electron chi connectivity index (χ1n) is 7.14. The molecule has 0 aliphatic carbocycles. The molecule has 4 nitrogen and oxygen atoms in total. The molecular weight excluding hydrogens is 268 g/mol. The van der Waals surface area contributed by atoms with Crippen LogP contribution in [0, 0.1) is 0 Å². The number of rotatable bonds is 4. The van der Waals surface area contributed by atoms with E-state index in [1.165, 1.54) is 4.90 Å². The Hall–Kier alpha value is -1.33. The molecule has 0 spiro atoms. The summed E-state index contributed by atoms with van der Waals surface area (Å²) < 4.78 is 2.27. The molecule has 20 heavy (non-hydrogen) atoms. The second kappa shape index (κ2) is 5.97. The first kappa shape index (κ1) is 13.6. The van der Waals surface area contributed by atoms with Gasteiger partial charge >= 0.3 is 0 Å². The number of hydrogen-bond donors (Lipinski definition) is 1. The van der Waals surface area contributed by atoms with Crippen LogP contribution < -0.4 is 5.32 Å². The summed E-state index contributed by atoms with van der Waals surface area (Å²) in [5.74, 6) is 2.08. The third kappa shape index (κ3) is 2.47. The Kier molecular flexibility index (Phi) is 4.08. The highest BCUT2D eigenvalue weighted by molar-refractivity contribution is 7.98. The molecule has 0 saturated heterocycles. The lowest BCUT2D eigenvalue weighted by atomic mass is 10.1. The van der Waals surface area contributed by atoms with Crippen molar-refractivity contribution < 1.29 is 0 Å². The maximum atomic E-state index is 4.42. The topological polar surface area (TPSA) is 42.7 Å². The van der Waals surface area contributed by atoms with Gasteiger partial charge in [-0.05, 0) is 24.8 Å². The zero-order chi connectivity index (χ0) is 13.9. The van der Waals surface area contributed by atoms with Gasteiger partial charge in [-0.15, -0.1) is 22.0 Å². The van der Waals surface area contributed by atoms with Crippen LogP contribution in [0.4, 0.5) is 0 Å². The zero-order valence-electron chi connectivity index (χ0n) is 12.0. The van der Waals surface area contributed by atoms with Crippen LogP contribution in [0.2, 0.25) is 0 Å². The van der Waals surface area contributed by atoms with E-state index in [1.807, 2.05) is 0 Å². The Morgan fingerprint density at radius 3 is 2.80 bits per heavy atom. The van der Waals surface area contributed by atoms with E-state index in [0.717, 1.165) is 43.1 Å². The van der Waals surface area contributed by atoms with E-state index in [4.69, 9.17) is 0 Å². The molecule has 106 valence electrons. The third-order valence-corrected chi connectivity index (χ3v) is 4.49. The van der Waals surface area contributed by atoms with Gasteiger partial charge in [0.2, 0.25) is 0 Å². The average Bonchev–Trinajstić information content (AvgIpc) is 2.93. The molecule has 1 N–H and O–H groups in total. The highest BCUT2D eigenvalue weighted by atomic mass is 32.2. The number of hydrogen-bond acceptors (Lipinski definition) is 4. The summed E-state index contributed by atoms with van der Waals surface area (Å²) >= 11 is 1.76. The summed E-state index contributed by atoms with van der Waals surface area (Å²) in [6.07, 6.45) is 4.36. The lowest BCUT2D eigenvalue weighted by Crippen LogP contribution is -2.33. The molecule has 1 aromatic carbocycles. The number of benzene rings is 1. The van der Waals surface area contributed by atoms with Gasteiger partial charge in [0, 0.05) is 23.5 Å². The fourth-order valence-corrected chi connectivity index (χ4v) is 3.12. The molecule has 1 unspecified atom stereocenters. The van der Waals surface area contributed by atoms with Crippen LogP contribution in [0.15, 0.2) is 29.2 Å². The predicted molar refractivity (Wildman–Crippen MR) is 82.9 cm³/mol. The summed E-state index contributed by atoms with van der Waals surface area (Å²) in [5, 5.41) is 12.4. The van der Waals surface area contributed by atoms with Crippen LogP contribution in [0.5, 0.6) is 0 Å². The number of fused-ring (bicyclic) bond motifs is 1. The van der Waals surface area contributed by atoms with Crippen LogP contribution in [0.1, 0.15) is 31.6 Å². The molecular formula is C15H20N4S. The normalized spacial score (nSPS) is 18.0. The maximum Gasteiger partial charge on any atom is 0.164 e. The lowest BCUT2D eigenvalue weighted by molar-refractivity contribution is 0.394. The fraction of sp³-hybridized carbons (Fsp3) is 0.467. The average molecular weight is 288 g/mol. The van der Waals surface area contributed by atoms with E-state index in [2.05, 4.69) is 57.5 Å². The Morgan fingerprint density at radius 2 is 2.10 bits per heavy atom. The molecule has 1 aliphatic heterocycles. The molecule has 0 saturated carbocycles. The van der Waals surface area contributed by atoms with Gasteiger partial charge in [0.05, 0.1) is 6.04 Å². The van der Waals surface area contributed by atoms with Crippen LogP contribution in [0.3, 0.4) is 0 Å². The van der Waals surface area contributed by atoms with Crippen LogP contribution >= 0.6 is 11.8 Å². The van der Waals surface area contributed by atoms with Crippen molar-refractivity contribution >= 4 is 11.8 Å². The Balaban J connectivity index is 1.94. The van der Waals surface area contributed by atoms with Gasteiger partial charge in [-0.2, -0.15) is 0 Å². The molecule has 2 heterocycles. The number of nitrogens with one attached hydrogen (secondary N) is 1. The van der Waals surface area contributed by atoms with Crippen LogP contribution in [-0.2, 0) is 6.54 Å². The van der Waals surface area contributed by atoms with E-state index in [0.29, 0.717) is 6.04 Å². The molecule has 0 bridgehead atoms. The lowest BCUT2D eigenvalue weighted by Gasteiger charge is -2.24. The van der Waals surface area contributed by atoms with Crippen molar-refractivity contribution in [1.82, 2.24) is 20.1 Å². The number of nitrogens with zero attached hydrogens (tertiary/aromatic N) is 3. The number of thioether (sulfide) groups is 1.